The van der Waals surface area contributed by atoms with E-state index in [1.165, 1.54) is 50.0 Å². The van der Waals surface area contributed by atoms with Crippen LogP contribution in [-0.4, -0.2) is 9.13 Å². The van der Waals surface area contributed by atoms with Crippen molar-refractivity contribution in [3.8, 4) is 5.69 Å². The second-order valence-electron chi connectivity index (χ2n) is 7.52. The van der Waals surface area contributed by atoms with Crippen molar-refractivity contribution >= 4 is 40.0 Å². The zero-order valence-electron chi connectivity index (χ0n) is 16.9. The third kappa shape index (κ3) is 2.56. The van der Waals surface area contributed by atoms with E-state index in [9.17, 15) is 0 Å². The second-order valence-corrected chi connectivity index (χ2v) is 7.52. The maximum absolute atomic E-state index is 3.87. The van der Waals surface area contributed by atoms with Gasteiger partial charge in [0.2, 0.25) is 0 Å². The molecule has 2 aromatic heterocycles. The largest absolute Gasteiger partial charge is 0.347 e. The summed E-state index contributed by atoms with van der Waals surface area (Å²) in [6, 6.07) is 15.2. The third-order valence-electron chi connectivity index (χ3n) is 5.96. The van der Waals surface area contributed by atoms with E-state index in [1.54, 1.807) is 0 Å². The van der Waals surface area contributed by atoms with Gasteiger partial charge in [-0.25, -0.2) is 0 Å². The number of para-hydroxylation sites is 1. The normalized spacial score (nSPS) is 13.4. The van der Waals surface area contributed by atoms with Crippen molar-refractivity contribution in [1.82, 2.24) is 9.13 Å². The molecule has 2 nitrogen and oxygen atoms in total. The van der Waals surface area contributed by atoms with Gasteiger partial charge in [-0.1, -0.05) is 67.3 Å². The molecule has 0 saturated carbocycles. The summed E-state index contributed by atoms with van der Waals surface area (Å²) in [6.45, 7) is 6.06. The van der Waals surface area contributed by atoms with E-state index >= 15 is 0 Å². The number of aryl methyl sites for hydroxylation is 1. The number of rotatable bonds is 3. The molecule has 0 N–H and O–H groups in total. The fourth-order valence-electron chi connectivity index (χ4n) is 4.49. The Bertz CT molecular complexity index is 1340. The molecule has 5 rings (SSSR count). The van der Waals surface area contributed by atoms with Crippen LogP contribution in [-0.2, 0) is 7.05 Å². The van der Waals surface area contributed by atoms with Crippen molar-refractivity contribution in [3.05, 3.63) is 95.9 Å². The molecule has 1 aliphatic carbocycles. The molecule has 0 spiro atoms. The fraction of sp³-hybridized carbons (Fsp3) is 0.111. The molecule has 29 heavy (non-hydrogen) atoms. The summed E-state index contributed by atoms with van der Waals surface area (Å²) in [5, 5.41) is 2.58. The maximum Gasteiger partial charge on any atom is 0.0641 e. The van der Waals surface area contributed by atoms with Crippen LogP contribution in [0.3, 0.4) is 0 Å². The Morgan fingerprint density at radius 2 is 1.79 bits per heavy atom. The molecular formula is C27H24N2. The molecule has 0 bridgehead atoms. The van der Waals surface area contributed by atoms with E-state index in [0.29, 0.717) is 0 Å². The SMILES string of the molecule is C=C/C=C\c1c(C)n(C)c2ccc3c4c(n(-c5ccccc5)c3c12)C=CCC=C4. The summed E-state index contributed by atoms with van der Waals surface area (Å²) in [7, 11) is 2.15. The zero-order valence-corrected chi connectivity index (χ0v) is 16.9. The Kier molecular flexibility index (Phi) is 4.13. The lowest BCUT2D eigenvalue weighted by atomic mass is 10.0. The molecule has 142 valence electrons. The minimum atomic E-state index is 0.963. The molecular weight excluding hydrogens is 352 g/mol. The highest BCUT2D eigenvalue weighted by Crippen LogP contribution is 2.40. The van der Waals surface area contributed by atoms with E-state index in [-0.39, 0.29) is 0 Å². The zero-order chi connectivity index (χ0) is 20.0. The van der Waals surface area contributed by atoms with Crippen LogP contribution in [0, 0.1) is 6.92 Å². The number of hydrogen-bond donors (Lipinski definition) is 0. The summed E-state index contributed by atoms with van der Waals surface area (Å²) in [6.07, 6.45) is 16.1. The number of nitrogens with zero attached hydrogens (tertiary/aromatic N) is 2. The van der Waals surface area contributed by atoms with Crippen LogP contribution >= 0.6 is 0 Å². The van der Waals surface area contributed by atoms with Crippen molar-refractivity contribution in [2.24, 2.45) is 7.05 Å². The van der Waals surface area contributed by atoms with E-state index < -0.39 is 0 Å². The van der Waals surface area contributed by atoms with Gasteiger partial charge < -0.3 is 9.13 Å². The number of benzene rings is 2. The molecule has 0 aliphatic heterocycles. The Morgan fingerprint density at radius 1 is 1.00 bits per heavy atom. The molecule has 0 unspecified atom stereocenters. The lowest BCUT2D eigenvalue weighted by Gasteiger charge is -2.10. The Labute approximate surface area is 171 Å². The average Bonchev–Trinajstić information content (AvgIpc) is 3.05. The van der Waals surface area contributed by atoms with Crippen molar-refractivity contribution in [3.63, 3.8) is 0 Å². The first-order valence-corrected chi connectivity index (χ1v) is 10.1. The molecule has 0 saturated heterocycles. The number of fused-ring (bicyclic) bond motifs is 5. The monoisotopic (exact) mass is 376 g/mol. The average molecular weight is 377 g/mol. The topological polar surface area (TPSA) is 9.86 Å². The van der Waals surface area contributed by atoms with Gasteiger partial charge in [-0.05, 0) is 37.6 Å². The Balaban J connectivity index is 2.04. The first-order chi connectivity index (χ1) is 14.2. The molecule has 0 radical (unpaired) electrons. The van der Waals surface area contributed by atoms with Gasteiger partial charge in [-0.15, -0.1) is 0 Å². The van der Waals surface area contributed by atoms with Crippen molar-refractivity contribution in [1.29, 1.82) is 0 Å². The standard InChI is InChI=1S/C27H24N2/c1-4-5-14-21-19(2)28(3)25-18-17-23-22-15-10-7-11-16-24(22)29(27(23)26(21)25)20-12-8-6-9-13-20/h4-6,8-18H,1,7H2,2-3H3/b14-5-. The van der Waals surface area contributed by atoms with E-state index in [2.05, 4.69) is 103 Å². The van der Waals surface area contributed by atoms with E-state index in [1.807, 2.05) is 12.2 Å². The fourth-order valence-corrected chi connectivity index (χ4v) is 4.49. The highest BCUT2D eigenvalue weighted by atomic mass is 15.0. The summed E-state index contributed by atoms with van der Waals surface area (Å²) in [5.41, 5.74) is 8.75. The molecule has 4 aromatic rings. The van der Waals surface area contributed by atoms with Crippen molar-refractivity contribution in [2.75, 3.05) is 0 Å². The molecule has 2 aromatic carbocycles. The molecule has 2 heterocycles. The van der Waals surface area contributed by atoms with Crippen LogP contribution in [0.1, 0.15) is 28.9 Å². The van der Waals surface area contributed by atoms with E-state index in [0.717, 1.165) is 6.42 Å². The third-order valence-corrected chi connectivity index (χ3v) is 5.96. The Hall–Kier alpha value is -3.52. The van der Waals surface area contributed by atoms with Crippen LogP contribution < -0.4 is 0 Å². The van der Waals surface area contributed by atoms with Gasteiger partial charge in [0.05, 0.1) is 16.7 Å². The van der Waals surface area contributed by atoms with Crippen LogP contribution in [0.2, 0.25) is 0 Å². The van der Waals surface area contributed by atoms with Crippen LogP contribution in [0.15, 0.2) is 73.3 Å². The van der Waals surface area contributed by atoms with Crippen molar-refractivity contribution in [2.45, 2.75) is 13.3 Å². The predicted molar refractivity (Wildman–Crippen MR) is 126 cm³/mol. The second kappa shape index (κ2) is 6.82. The highest BCUT2D eigenvalue weighted by Gasteiger charge is 2.21. The molecule has 0 atom stereocenters. The molecule has 0 fully saturated rings. The van der Waals surface area contributed by atoms with E-state index in [4.69, 9.17) is 0 Å². The minimum Gasteiger partial charge on any atom is -0.347 e. The van der Waals surface area contributed by atoms with Crippen LogP contribution in [0.25, 0.3) is 45.7 Å². The lowest BCUT2D eigenvalue weighted by molar-refractivity contribution is 0.916. The van der Waals surface area contributed by atoms with Gasteiger partial charge in [-0.3, -0.25) is 0 Å². The maximum atomic E-state index is 3.87. The van der Waals surface area contributed by atoms with Crippen LogP contribution in [0.5, 0.6) is 0 Å². The van der Waals surface area contributed by atoms with Gasteiger partial charge in [0.1, 0.15) is 0 Å². The summed E-state index contributed by atoms with van der Waals surface area (Å²) in [4.78, 5) is 0. The van der Waals surface area contributed by atoms with Gasteiger partial charge >= 0.3 is 0 Å². The van der Waals surface area contributed by atoms with Gasteiger partial charge in [0.25, 0.3) is 0 Å². The van der Waals surface area contributed by atoms with Crippen LogP contribution in [0.4, 0.5) is 0 Å². The number of allylic oxidation sites excluding steroid dienone is 4. The molecule has 1 aliphatic rings. The summed E-state index contributed by atoms with van der Waals surface area (Å²) in [5.74, 6) is 0. The number of aromatic nitrogens is 2. The lowest BCUT2D eigenvalue weighted by Crippen LogP contribution is -1.97. The minimum absolute atomic E-state index is 0.963. The smallest absolute Gasteiger partial charge is 0.0641 e. The first kappa shape index (κ1) is 17.6. The first-order valence-electron chi connectivity index (χ1n) is 10.1. The summed E-state index contributed by atoms with van der Waals surface area (Å²) >= 11 is 0. The Morgan fingerprint density at radius 3 is 2.59 bits per heavy atom. The predicted octanol–water partition coefficient (Wildman–Crippen LogP) is 7.06. The summed E-state index contributed by atoms with van der Waals surface area (Å²) < 4.78 is 4.71. The van der Waals surface area contributed by atoms with Gasteiger partial charge in [-0.2, -0.15) is 0 Å². The molecule has 2 heteroatoms. The highest BCUT2D eigenvalue weighted by molar-refractivity contribution is 6.14. The number of hydrogen-bond acceptors (Lipinski definition) is 0. The molecule has 0 amide bonds. The quantitative estimate of drug-likeness (QED) is 0.339. The van der Waals surface area contributed by atoms with Crippen molar-refractivity contribution < 1.29 is 0 Å². The van der Waals surface area contributed by atoms with Gasteiger partial charge in [0, 0.05) is 40.3 Å². The van der Waals surface area contributed by atoms with Gasteiger partial charge in [0.15, 0.2) is 0 Å².